The third-order valence-electron chi connectivity index (χ3n) is 5.85. The van der Waals surface area contributed by atoms with E-state index >= 15 is 0 Å². The molecular weight excluding hydrogens is 356 g/mol. The molecule has 1 saturated heterocycles. The number of fused-ring (bicyclic) bond motifs is 1. The van der Waals surface area contributed by atoms with Gasteiger partial charge in [-0.05, 0) is 37.8 Å². The molecule has 1 saturated carbocycles. The van der Waals surface area contributed by atoms with Crippen molar-refractivity contribution >= 4 is 11.9 Å². The topological polar surface area (TPSA) is 75.4 Å². The largest absolute Gasteiger partial charge is 0.481 e. The Balaban J connectivity index is 1.65. The van der Waals surface area contributed by atoms with Gasteiger partial charge in [0.05, 0.1) is 5.41 Å². The average Bonchev–Trinajstić information content (AvgIpc) is 3.26. The van der Waals surface area contributed by atoms with E-state index in [0.29, 0.717) is 18.5 Å². The van der Waals surface area contributed by atoms with Gasteiger partial charge in [-0.1, -0.05) is 12.5 Å². The standard InChI is InChI=1S/C19H19F2N3O3/c1-11-8-24(16-13(20)5-2-6-14(16)21)22-15(11)17(25)23-9-12-4-3-7-19(12,10-23)18(26)27/h2,5-6,8,12H,3-4,7,9-10H2,1H3,(H,26,27)/t12-,19+/m0/s1. The van der Waals surface area contributed by atoms with Crippen LogP contribution in [-0.4, -0.2) is 44.8 Å². The second kappa shape index (κ2) is 6.14. The van der Waals surface area contributed by atoms with E-state index < -0.39 is 28.9 Å². The van der Waals surface area contributed by atoms with Gasteiger partial charge < -0.3 is 10.0 Å². The number of likely N-dealkylation sites (tertiary alicyclic amines) is 1. The van der Waals surface area contributed by atoms with E-state index in [0.717, 1.165) is 29.7 Å². The third kappa shape index (κ3) is 2.62. The van der Waals surface area contributed by atoms with Gasteiger partial charge in [0.1, 0.15) is 5.69 Å². The fourth-order valence-electron chi connectivity index (χ4n) is 4.44. The molecule has 8 heteroatoms. The van der Waals surface area contributed by atoms with E-state index in [1.165, 1.54) is 17.2 Å². The second-order valence-corrected chi connectivity index (χ2v) is 7.41. The summed E-state index contributed by atoms with van der Waals surface area (Å²) in [6.07, 6.45) is 3.59. The van der Waals surface area contributed by atoms with E-state index in [1.54, 1.807) is 6.92 Å². The molecule has 6 nitrogen and oxygen atoms in total. The molecule has 0 spiro atoms. The number of carbonyl (C=O) groups excluding carboxylic acids is 1. The lowest BCUT2D eigenvalue weighted by atomic mass is 9.81. The number of carbonyl (C=O) groups is 2. The molecule has 2 heterocycles. The van der Waals surface area contributed by atoms with Crippen LogP contribution in [0.15, 0.2) is 24.4 Å². The Bertz CT molecular complexity index is 922. The first-order valence-electron chi connectivity index (χ1n) is 8.87. The fraction of sp³-hybridized carbons (Fsp3) is 0.421. The Hall–Kier alpha value is -2.77. The maximum atomic E-state index is 14.0. The maximum absolute atomic E-state index is 14.0. The molecule has 1 N–H and O–H groups in total. The molecule has 1 amide bonds. The molecule has 0 radical (unpaired) electrons. The molecule has 142 valence electrons. The summed E-state index contributed by atoms with van der Waals surface area (Å²) in [5, 5.41) is 13.8. The normalized spacial score (nSPS) is 24.3. The smallest absolute Gasteiger partial charge is 0.311 e. The molecule has 2 aromatic rings. The SMILES string of the molecule is Cc1cn(-c2c(F)cccc2F)nc1C(=O)N1C[C@@H]2CCC[C@@]2(C(=O)O)C1. The third-order valence-corrected chi connectivity index (χ3v) is 5.85. The number of carboxylic acid groups (broad SMARTS) is 1. The van der Waals surface area contributed by atoms with Crippen LogP contribution in [0.3, 0.4) is 0 Å². The summed E-state index contributed by atoms with van der Waals surface area (Å²) in [4.78, 5) is 26.3. The van der Waals surface area contributed by atoms with Crippen LogP contribution in [0.1, 0.15) is 35.3 Å². The molecule has 4 rings (SSSR count). The van der Waals surface area contributed by atoms with Crippen molar-refractivity contribution in [2.45, 2.75) is 26.2 Å². The van der Waals surface area contributed by atoms with Gasteiger partial charge in [0.2, 0.25) is 0 Å². The highest BCUT2D eigenvalue weighted by molar-refractivity contribution is 5.94. The summed E-state index contributed by atoms with van der Waals surface area (Å²) in [6, 6.07) is 3.50. The number of para-hydroxylation sites is 1. The molecular formula is C19H19F2N3O3. The van der Waals surface area contributed by atoms with Crippen LogP contribution in [0.25, 0.3) is 5.69 Å². The quantitative estimate of drug-likeness (QED) is 0.895. The second-order valence-electron chi connectivity index (χ2n) is 7.41. The Morgan fingerprint density at radius 1 is 1.30 bits per heavy atom. The van der Waals surface area contributed by atoms with Crippen molar-refractivity contribution in [1.82, 2.24) is 14.7 Å². The predicted octanol–water partition coefficient (Wildman–Crippen LogP) is 2.79. The van der Waals surface area contributed by atoms with Crippen LogP contribution < -0.4 is 0 Å². The molecule has 2 fully saturated rings. The maximum Gasteiger partial charge on any atom is 0.311 e. The lowest BCUT2D eigenvalue weighted by molar-refractivity contribution is -0.149. The number of nitrogens with zero attached hydrogens (tertiary/aromatic N) is 3. The van der Waals surface area contributed by atoms with Crippen molar-refractivity contribution in [2.24, 2.45) is 11.3 Å². The van der Waals surface area contributed by atoms with Gasteiger partial charge in [0.15, 0.2) is 17.3 Å². The number of benzene rings is 1. The monoisotopic (exact) mass is 375 g/mol. The van der Waals surface area contributed by atoms with Gasteiger partial charge in [0, 0.05) is 24.8 Å². The zero-order valence-electron chi connectivity index (χ0n) is 14.8. The van der Waals surface area contributed by atoms with Crippen LogP contribution in [0.2, 0.25) is 0 Å². The minimum absolute atomic E-state index is 0.0645. The molecule has 1 aromatic carbocycles. The van der Waals surface area contributed by atoms with Gasteiger partial charge in [-0.15, -0.1) is 0 Å². The average molecular weight is 375 g/mol. The van der Waals surface area contributed by atoms with Crippen LogP contribution in [0.5, 0.6) is 0 Å². The van der Waals surface area contributed by atoms with Crippen molar-refractivity contribution in [2.75, 3.05) is 13.1 Å². The van der Waals surface area contributed by atoms with Gasteiger partial charge in [-0.2, -0.15) is 5.10 Å². The van der Waals surface area contributed by atoms with Crippen molar-refractivity contribution < 1.29 is 23.5 Å². The summed E-state index contributed by atoms with van der Waals surface area (Å²) in [5.41, 5.74) is -0.675. The number of hydrogen-bond donors (Lipinski definition) is 1. The van der Waals surface area contributed by atoms with Crippen LogP contribution in [0.4, 0.5) is 8.78 Å². The Labute approximate surface area is 154 Å². The van der Waals surface area contributed by atoms with Gasteiger partial charge in [-0.3, -0.25) is 9.59 Å². The van der Waals surface area contributed by atoms with Crippen molar-refractivity contribution in [3.63, 3.8) is 0 Å². The Morgan fingerprint density at radius 3 is 2.63 bits per heavy atom. The summed E-state index contributed by atoms with van der Waals surface area (Å²) >= 11 is 0. The van der Waals surface area contributed by atoms with Crippen LogP contribution in [0, 0.1) is 29.9 Å². The van der Waals surface area contributed by atoms with Crippen molar-refractivity contribution in [1.29, 1.82) is 0 Å². The van der Waals surface area contributed by atoms with Gasteiger partial charge in [0.25, 0.3) is 5.91 Å². The van der Waals surface area contributed by atoms with E-state index in [9.17, 15) is 23.5 Å². The number of halogens is 2. The number of rotatable bonds is 3. The zero-order valence-corrected chi connectivity index (χ0v) is 14.8. The van der Waals surface area contributed by atoms with Crippen molar-refractivity contribution in [3.05, 3.63) is 47.3 Å². The van der Waals surface area contributed by atoms with E-state index in [-0.39, 0.29) is 23.8 Å². The Kier molecular flexibility index (Phi) is 4.01. The number of amides is 1. The molecule has 1 aliphatic heterocycles. The highest BCUT2D eigenvalue weighted by atomic mass is 19.1. The first-order chi connectivity index (χ1) is 12.8. The lowest BCUT2D eigenvalue weighted by Gasteiger charge is -2.23. The van der Waals surface area contributed by atoms with Crippen LogP contribution >= 0.6 is 0 Å². The fourth-order valence-corrected chi connectivity index (χ4v) is 4.44. The number of carboxylic acids is 1. The number of aliphatic carboxylic acids is 1. The number of hydrogen-bond acceptors (Lipinski definition) is 3. The van der Waals surface area contributed by atoms with Gasteiger partial charge in [-0.25, -0.2) is 13.5 Å². The highest BCUT2D eigenvalue weighted by Crippen LogP contribution is 2.49. The number of aromatic nitrogens is 2. The van der Waals surface area contributed by atoms with Gasteiger partial charge >= 0.3 is 5.97 Å². The zero-order chi connectivity index (χ0) is 19.3. The predicted molar refractivity (Wildman–Crippen MR) is 91.5 cm³/mol. The molecule has 27 heavy (non-hydrogen) atoms. The summed E-state index contributed by atoms with van der Waals surface area (Å²) in [5.74, 6) is -2.89. The lowest BCUT2D eigenvalue weighted by Crippen LogP contribution is -2.37. The first-order valence-corrected chi connectivity index (χ1v) is 8.87. The molecule has 1 aromatic heterocycles. The number of aryl methyl sites for hydroxylation is 1. The van der Waals surface area contributed by atoms with E-state index in [1.807, 2.05) is 0 Å². The van der Waals surface area contributed by atoms with E-state index in [2.05, 4.69) is 5.10 Å². The van der Waals surface area contributed by atoms with E-state index in [4.69, 9.17) is 0 Å². The minimum Gasteiger partial charge on any atom is -0.481 e. The molecule has 0 bridgehead atoms. The highest BCUT2D eigenvalue weighted by Gasteiger charge is 2.56. The van der Waals surface area contributed by atoms with Crippen molar-refractivity contribution in [3.8, 4) is 5.69 Å². The molecule has 2 aliphatic rings. The minimum atomic E-state index is -0.885. The summed E-state index contributed by atoms with van der Waals surface area (Å²) in [6.45, 7) is 2.15. The Morgan fingerprint density at radius 2 is 2.00 bits per heavy atom. The summed E-state index contributed by atoms with van der Waals surface area (Å²) in [7, 11) is 0. The molecule has 2 atom stereocenters. The molecule has 1 aliphatic carbocycles. The first kappa shape index (κ1) is 17.6. The summed E-state index contributed by atoms with van der Waals surface area (Å²) < 4.78 is 29.1. The molecule has 0 unspecified atom stereocenters. The van der Waals surface area contributed by atoms with Crippen LogP contribution in [-0.2, 0) is 4.79 Å².